The summed E-state index contributed by atoms with van der Waals surface area (Å²) in [5, 5.41) is 16.4. The number of hydrogen-bond acceptors (Lipinski definition) is 3. The summed E-state index contributed by atoms with van der Waals surface area (Å²) in [6.07, 6.45) is 3.82. The molecule has 0 amide bonds. The van der Waals surface area contributed by atoms with E-state index in [2.05, 4.69) is 77.1 Å². The molecule has 0 atom stereocenters. The standard InChI is InChI=1S/C25H36N4O/c1-2-26-25(27-16-6-9-21-7-4-3-5-8-21)28-19-22-10-12-23(13-11-22)20-29-17-14-24(30)15-18-29/h3-5,7-8,10-13,24,30H,2,6,9,14-20H2,1H3,(H2,26,27,28). The fourth-order valence-corrected chi connectivity index (χ4v) is 3.74. The van der Waals surface area contributed by atoms with Crippen molar-refractivity contribution in [1.82, 2.24) is 15.5 Å². The van der Waals surface area contributed by atoms with E-state index in [9.17, 15) is 5.11 Å². The molecule has 5 heteroatoms. The summed E-state index contributed by atoms with van der Waals surface area (Å²) in [4.78, 5) is 7.16. The lowest BCUT2D eigenvalue weighted by Gasteiger charge is -2.29. The molecule has 0 spiro atoms. The number of aliphatic imine (C=N–C) groups is 1. The second-order valence-electron chi connectivity index (χ2n) is 8.03. The summed E-state index contributed by atoms with van der Waals surface area (Å²) in [5.74, 6) is 0.876. The maximum absolute atomic E-state index is 9.64. The first-order valence-corrected chi connectivity index (χ1v) is 11.3. The van der Waals surface area contributed by atoms with Gasteiger partial charge in [0.05, 0.1) is 12.6 Å². The number of piperidine rings is 1. The van der Waals surface area contributed by atoms with Crippen molar-refractivity contribution in [2.45, 2.75) is 51.8 Å². The number of aliphatic hydroxyl groups excluding tert-OH is 1. The van der Waals surface area contributed by atoms with E-state index >= 15 is 0 Å². The van der Waals surface area contributed by atoms with Gasteiger partial charge in [0.1, 0.15) is 0 Å². The van der Waals surface area contributed by atoms with Crippen LogP contribution in [-0.4, -0.2) is 48.2 Å². The number of nitrogens with zero attached hydrogens (tertiary/aromatic N) is 2. The molecule has 1 saturated heterocycles. The molecule has 1 fully saturated rings. The third-order valence-corrected chi connectivity index (χ3v) is 5.53. The van der Waals surface area contributed by atoms with Gasteiger partial charge in [-0.3, -0.25) is 4.90 Å². The average Bonchev–Trinajstić information content (AvgIpc) is 2.78. The van der Waals surface area contributed by atoms with E-state index in [1.807, 2.05) is 0 Å². The highest BCUT2D eigenvalue weighted by atomic mass is 16.3. The Bertz CT molecular complexity index is 752. The lowest BCUT2D eigenvalue weighted by atomic mass is 10.1. The van der Waals surface area contributed by atoms with Gasteiger partial charge >= 0.3 is 0 Å². The van der Waals surface area contributed by atoms with Crippen LogP contribution in [0.15, 0.2) is 59.6 Å². The highest BCUT2D eigenvalue weighted by molar-refractivity contribution is 5.79. The quantitative estimate of drug-likeness (QED) is 0.338. The van der Waals surface area contributed by atoms with Crippen molar-refractivity contribution in [3.63, 3.8) is 0 Å². The third-order valence-electron chi connectivity index (χ3n) is 5.53. The van der Waals surface area contributed by atoms with Crippen LogP contribution in [0.5, 0.6) is 0 Å². The van der Waals surface area contributed by atoms with Crippen molar-refractivity contribution < 1.29 is 5.11 Å². The van der Waals surface area contributed by atoms with Crippen LogP contribution < -0.4 is 10.6 Å². The Balaban J connectivity index is 1.43. The van der Waals surface area contributed by atoms with Gasteiger partial charge < -0.3 is 15.7 Å². The monoisotopic (exact) mass is 408 g/mol. The van der Waals surface area contributed by atoms with E-state index in [0.29, 0.717) is 6.54 Å². The predicted octanol–water partition coefficient (Wildman–Crippen LogP) is 3.33. The van der Waals surface area contributed by atoms with E-state index < -0.39 is 0 Å². The largest absolute Gasteiger partial charge is 0.393 e. The molecule has 0 bridgehead atoms. The first kappa shape index (κ1) is 22.3. The SMILES string of the molecule is CCNC(=NCc1ccc(CN2CCC(O)CC2)cc1)NCCCc1ccccc1. The highest BCUT2D eigenvalue weighted by Gasteiger charge is 2.16. The minimum Gasteiger partial charge on any atom is -0.393 e. The van der Waals surface area contributed by atoms with E-state index in [1.165, 1.54) is 16.7 Å². The number of rotatable bonds is 9. The van der Waals surface area contributed by atoms with Crippen LogP contribution in [0, 0.1) is 0 Å². The Morgan fingerprint density at radius 3 is 2.37 bits per heavy atom. The van der Waals surface area contributed by atoms with Gasteiger partial charge in [-0.25, -0.2) is 4.99 Å². The van der Waals surface area contributed by atoms with E-state index in [-0.39, 0.29) is 6.10 Å². The maximum Gasteiger partial charge on any atom is 0.191 e. The molecular formula is C25H36N4O. The lowest BCUT2D eigenvalue weighted by Crippen LogP contribution is -2.37. The molecule has 30 heavy (non-hydrogen) atoms. The lowest BCUT2D eigenvalue weighted by molar-refractivity contribution is 0.0792. The fraction of sp³-hybridized carbons (Fsp3) is 0.480. The molecule has 162 valence electrons. The number of guanidine groups is 1. The predicted molar refractivity (Wildman–Crippen MR) is 125 cm³/mol. The van der Waals surface area contributed by atoms with Crippen LogP contribution in [0.4, 0.5) is 0 Å². The van der Waals surface area contributed by atoms with Crippen molar-refractivity contribution >= 4 is 5.96 Å². The topological polar surface area (TPSA) is 59.9 Å². The zero-order chi connectivity index (χ0) is 21.0. The van der Waals surface area contributed by atoms with Crippen LogP contribution in [0.2, 0.25) is 0 Å². The Kier molecular flexibility index (Phi) is 9.19. The molecule has 0 aliphatic carbocycles. The van der Waals surface area contributed by atoms with Crippen molar-refractivity contribution in [3.8, 4) is 0 Å². The van der Waals surface area contributed by atoms with E-state index in [1.54, 1.807) is 0 Å². The molecular weight excluding hydrogens is 372 g/mol. The summed E-state index contributed by atoms with van der Waals surface area (Å²) >= 11 is 0. The number of aliphatic hydroxyl groups is 1. The Morgan fingerprint density at radius 1 is 0.967 bits per heavy atom. The number of likely N-dealkylation sites (tertiary alicyclic amines) is 1. The fourth-order valence-electron chi connectivity index (χ4n) is 3.74. The van der Waals surface area contributed by atoms with Crippen molar-refractivity contribution in [3.05, 3.63) is 71.3 Å². The number of aryl methyl sites for hydroxylation is 1. The summed E-state index contributed by atoms with van der Waals surface area (Å²) in [6.45, 7) is 7.45. The molecule has 0 aromatic heterocycles. The average molecular weight is 409 g/mol. The zero-order valence-corrected chi connectivity index (χ0v) is 18.2. The molecule has 2 aromatic rings. The molecule has 0 saturated carbocycles. The van der Waals surface area contributed by atoms with Gasteiger partial charge in [-0.2, -0.15) is 0 Å². The minimum atomic E-state index is -0.112. The summed E-state index contributed by atoms with van der Waals surface area (Å²) in [6, 6.07) is 19.4. The van der Waals surface area contributed by atoms with Crippen molar-refractivity contribution in [2.75, 3.05) is 26.2 Å². The third kappa shape index (κ3) is 7.81. The molecule has 3 rings (SSSR count). The smallest absolute Gasteiger partial charge is 0.191 e. The zero-order valence-electron chi connectivity index (χ0n) is 18.2. The molecule has 1 aliphatic rings. The Morgan fingerprint density at radius 2 is 1.67 bits per heavy atom. The first-order valence-electron chi connectivity index (χ1n) is 11.3. The summed E-state index contributed by atoms with van der Waals surface area (Å²) in [5.41, 5.74) is 3.92. The molecule has 2 aromatic carbocycles. The molecule has 5 nitrogen and oxygen atoms in total. The van der Waals surface area contributed by atoms with Crippen LogP contribution in [0.1, 0.15) is 42.9 Å². The molecule has 0 unspecified atom stereocenters. The van der Waals surface area contributed by atoms with Gasteiger partial charge in [0.2, 0.25) is 0 Å². The highest BCUT2D eigenvalue weighted by Crippen LogP contribution is 2.14. The van der Waals surface area contributed by atoms with Gasteiger partial charge in [-0.15, -0.1) is 0 Å². The van der Waals surface area contributed by atoms with Gasteiger partial charge in [-0.1, -0.05) is 54.6 Å². The van der Waals surface area contributed by atoms with E-state index in [4.69, 9.17) is 4.99 Å². The maximum atomic E-state index is 9.64. The molecule has 0 radical (unpaired) electrons. The normalized spacial score (nSPS) is 15.9. The van der Waals surface area contributed by atoms with Crippen molar-refractivity contribution in [2.24, 2.45) is 4.99 Å². The Hall–Kier alpha value is -2.37. The van der Waals surface area contributed by atoms with Crippen LogP contribution in [0.3, 0.4) is 0 Å². The molecule has 3 N–H and O–H groups in total. The molecule has 1 aliphatic heterocycles. The molecule has 1 heterocycles. The van der Waals surface area contributed by atoms with Crippen LogP contribution in [0.25, 0.3) is 0 Å². The summed E-state index contributed by atoms with van der Waals surface area (Å²) < 4.78 is 0. The van der Waals surface area contributed by atoms with Crippen molar-refractivity contribution in [1.29, 1.82) is 0 Å². The van der Waals surface area contributed by atoms with E-state index in [0.717, 1.165) is 64.4 Å². The number of nitrogens with one attached hydrogen (secondary N) is 2. The Labute approximate surface area is 181 Å². The van der Waals surface area contributed by atoms with Gasteiger partial charge in [0.15, 0.2) is 5.96 Å². The number of benzene rings is 2. The van der Waals surface area contributed by atoms with Gasteiger partial charge in [-0.05, 0) is 49.3 Å². The van der Waals surface area contributed by atoms with Gasteiger partial charge in [0.25, 0.3) is 0 Å². The summed E-state index contributed by atoms with van der Waals surface area (Å²) in [7, 11) is 0. The van der Waals surface area contributed by atoms with Crippen LogP contribution in [-0.2, 0) is 19.5 Å². The number of hydrogen-bond donors (Lipinski definition) is 3. The van der Waals surface area contributed by atoms with Gasteiger partial charge in [0, 0.05) is 32.7 Å². The minimum absolute atomic E-state index is 0.112. The second-order valence-corrected chi connectivity index (χ2v) is 8.03. The second kappa shape index (κ2) is 12.4. The van der Waals surface area contributed by atoms with Crippen LogP contribution >= 0.6 is 0 Å². The first-order chi connectivity index (χ1) is 14.7.